The number of nitroso groups, excluding NO2 is 1. The van der Waals surface area contributed by atoms with Crippen molar-refractivity contribution in [3.63, 3.8) is 0 Å². The highest BCUT2D eigenvalue weighted by molar-refractivity contribution is 5.93. The predicted octanol–water partition coefficient (Wildman–Crippen LogP) is 0.493. The van der Waals surface area contributed by atoms with Gasteiger partial charge in [0.2, 0.25) is 0 Å². The first-order valence-electron chi connectivity index (χ1n) is 2.87. The molecule has 0 aliphatic carbocycles. The zero-order valence-electron chi connectivity index (χ0n) is 5.52. The van der Waals surface area contributed by atoms with Crippen molar-refractivity contribution in [1.82, 2.24) is 10.4 Å². The minimum atomic E-state index is -0.526. The molecule has 1 aromatic rings. The number of rotatable bonds is 2. The van der Waals surface area contributed by atoms with Gasteiger partial charge in [-0.05, 0) is 12.1 Å². The van der Waals surface area contributed by atoms with Crippen LogP contribution in [0.1, 0.15) is 10.4 Å². The maximum Gasteiger partial charge on any atom is 0.274 e. The summed E-state index contributed by atoms with van der Waals surface area (Å²) in [6, 6.07) is 2.97. The van der Waals surface area contributed by atoms with Gasteiger partial charge in [0, 0.05) is 18.0 Å². The fourth-order valence-electron chi connectivity index (χ4n) is 0.609. The summed E-state index contributed by atoms with van der Waals surface area (Å²) in [5, 5.41) is 2.24. The highest BCUT2D eigenvalue weighted by Crippen LogP contribution is 1.94. The first-order valence-corrected chi connectivity index (χ1v) is 2.87. The van der Waals surface area contributed by atoms with Crippen molar-refractivity contribution in [2.24, 2.45) is 5.29 Å². The third-order valence-corrected chi connectivity index (χ3v) is 1.09. The molecule has 0 aliphatic rings. The van der Waals surface area contributed by atoms with Crippen LogP contribution in [0.15, 0.2) is 29.8 Å². The summed E-state index contributed by atoms with van der Waals surface area (Å²) in [6.07, 6.45) is 2.92. The van der Waals surface area contributed by atoms with E-state index in [0.717, 1.165) is 0 Å². The molecule has 56 valence electrons. The van der Waals surface area contributed by atoms with Crippen LogP contribution >= 0.6 is 0 Å². The van der Waals surface area contributed by atoms with E-state index in [-0.39, 0.29) is 0 Å². The predicted molar refractivity (Wildman–Crippen MR) is 37.5 cm³/mol. The lowest BCUT2D eigenvalue weighted by Crippen LogP contribution is -2.16. The van der Waals surface area contributed by atoms with Crippen molar-refractivity contribution in [2.45, 2.75) is 0 Å². The van der Waals surface area contributed by atoms with Crippen LogP contribution < -0.4 is 5.43 Å². The summed E-state index contributed by atoms with van der Waals surface area (Å²) in [5.41, 5.74) is 2.13. The number of nitrogens with zero attached hydrogens (tertiary/aromatic N) is 2. The van der Waals surface area contributed by atoms with E-state index in [1.165, 1.54) is 24.5 Å². The number of carbonyl (C=O) groups excluding carboxylic acids is 1. The fraction of sp³-hybridized carbons (Fsp3) is 0. The number of aromatic nitrogens is 1. The van der Waals surface area contributed by atoms with Crippen LogP contribution in [-0.4, -0.2) is 10.9 Å². The van der Waals surface area contributed by atoms with E-state index < -0.39 is 5.91 Å². The highest BCUT2D eigenvalue weighted by atomic mass is 16.3. The second-order valence-corrected chi connectivity index (χ2v) is 1.77. The molecule has 1 heterocycles. The van der Waals surface area contributed by atoms with Gasteiger partial charge in [-0.1, -0.05) is 0 Å². The Morgan fingerprint density at radius 2 is 2.09 bits per heavy atom. The monoisotopic (exact) mass is 151 g/mol. The van der Waals surface area contributed by atoms with E-state index in [9.17, 15) is 9.70 Å². The molecular formula is C6H5N3O2. The molecule has 0 unspecified atom stereocenters. The van der Waals surface area contributed by atoms with Crippen molar-refractivity contribution in [3.05, 3.63) is 35.0 Å². The summed E-state index contributed by atoms with van der Waals surface area (Å²) in [6.45, 7) is 0. The van der Waals surface area contributed by atoms with Crippen LogP contribution in [0.4, 0.5) is 0 Å². The molecule has 0 spiro atoms. The van der Waals surface area contributed by atoms with Gasteiger partial charge in [0.1, 0.15) is 0 Å². The van der Waals surface area contributed by atoms with Crippen LogP contribution in [0.2, 0.25) is 0 Å². The molecular weight excluding hydrogens is 146 g/mol. The summed E-state index contributed by atoms with van der Waals surface area (Å²) in [7, 11) is 0. The average Bonchev–Trinajstić information content (AvgIpc) is 2.07. The molecule has 0 fully saturated rings. The molecule has 1 N–H and O–H groups in total. The first kappa shape index (κ1) is 7.33. The van der Waals surface area contributed by atoms with Gasteiger partial charge in [0.15, 0.2) is 0 Å². The van der Waals surface area contributed by atoms with Crippen molar-refractivity contribution >= 4 is 5.91 Å². The lowest BCUT2D eigenvalue weighted by molar-refractivity contribution is 0.0954. The summed E-state index contributed by atoms with van der Waals surface area (Å²) >= 11 is 0. The number of hydrogen-bond donors (Lipinski definition) is 1. The van der Waals surface area contributed by atoms with Crippen LogP contribution in [0.25, 0.3) is 0 Å². The molecule has 11 heavy (non-hydrogen) atoms. The Kier molecular flexibility index (Phi) is 2.27. The molecule has 0 bridgehead atoms. The van der Waals surface area contributed by atoms with Gasteiger partial charge in [-0.25, -0.2) is 5.43 Å². The molecule has 0 atom stereocenters. The molecule has 1 amide bonds. The number of amides is 1. The van der Waals surface area contributed by atoms with E-state index in [1.807, 2.05) is 0 Å². The number of nitrogens with one attached hydrogen (secondary N) is 1. The van der Waals surface area contributed by atoms with Crippen LogP contribution in [0.5, 0.6) is 0 Å². The summed E-state index contributed by atoms with van der Waals surface area (Å²) in [5.74, 6) is -0.526. The largest absolute Gasteiger partial charge is 0.274 e. The second kappa shape index (κ2) is 3.40. The molecule has 5 heteroatoms. The zero-order valence-corrected chi connectivity index (χ0v) is 5.52. The first-order chi connectivity index (χ1) is 5.34. The van der Waals surface area contributed by atoms with Gasteiger partial charge in [-0.3, -0.25) is 9.78 Å². The Labute approximate surface area is 62.4 Å². The van der Waals surface area contributed by atoms with Crippen LogP contribution in [-0.2, 0) is 0 Å². The van der Waals surface area contributed by atoms with Crippen molar-refractivity contribution in [1.29, 1.82) is 0 Å². The van der Waals surface area contributed by atoms with Gasteiger partial charge in [-0.2, -0.15) is 0 Å². The Balaban J connectivity index is 2.77. The Morgan fingerprint density at radius 1 is 1.45 bits per heavy atom. The van der Waals surface area contributed by atoms with Gasteiger partial charge in [0.25, 0.3) is 5.91 Å². The van der Waals surface area contributed by atoms with Gasteiger partial charge >= 0.3 is 0 Å². The standard InChI is InChI=1S/C6H5N3O2/c10-6(8-9-11)5-1-3-7-4-2-5/h1-4H,(H,8,10,11). The van der Waals surface area contributed by atoms with E-state index >= 15 is 0 Å². The van der Waals surface area contributed by atoms with Crippen LogP contribution in [0, 0.1) is 4.91 Å². The maximum absolute atomic E-state index is 10.8. The number of pyridine rings is 1. The Hall–Kier alpha value is -1.78. The molecule has 0 saturated carbocycles. The average molecular weight is 151 g/mol. The smallest absolute Gasteiger partial charge is 0.267 e. The van der Waals surface area contributed by atoms with Gasteiger partial charge in [0.05, 0.1) is 5.29 Å². The van der Waals surface area contributed by atoms with Crippen LogP contribution in [0.3, 0.4) is 0 Å². The number of hydrogen-bond acceptors (Lipinski definition) is 4. The zero-order chi connectivity index (χ0) is 8.10. The molecule has 1 aromatic heterocycles. The van der Waals surface area contributed by atoms with Crippen molar-refractivity contribution in [3.8, 4) is 0 Å². The molecule has 0 radical (unpaired) electrons. The summed E-state index contributed by atoms with van der Waals surface area (Å²) in [4.78, 5) is 24.1. The molecule has 0 saturated heterocycles. The Bertz CT molecular complexity index is 260. The quantitative estimate of drug-likeness (QED) is 0.494. The van der Waals surface area contributed by atoms with E-state index in [1.54, 1.807) is 5.43 Å². The van der Waals surface area contributed by atoms with Crippen molar-refractivity contribution < 1.29 is 4.79 Å². The molecule has 0 aromatic carbocycles. The molecule has 0 aliphatic heterocycles. The fourth-order valence-corrected chi connectivity index (χ4v) is 0.609. The van der Waals surface area contributed by atoms with Crippen molar-refractivity contribution in [2.75, 3.05) is 0 Å². The second-order valence-electron chi connectivity index (χ2n) is 1.77. The minimum absolute atomic E-state index is 0.361. The van der Waals surface area contributed by atoms with E-state index in [4.69, 9.17) is 0 Å². The molecule has 1 rings (SSSR count). The van der Waals surface area contributed by atoms with E-state index in [0.29, 0.717) is 5.56 Å². The lowest BCUT2D eigenvalue weighted by Gasteiger charge is -1.93. The highest BCUT2D eigenvalue weighted by Gasteiger charge is 2.01. The number of carbonyl (C=O) groups is 1. The normalized spacial score (nSPS) is 8.73. The SMILES string of the molecule is O=NNC(=O)c1ccncc1. The third-order valence-electron chi connectivity index (χ3n) is 1.09. The lowest BCUT2D eigenvalue weighted by atomic mass is 10.3. The molecule has 5 nitrogen and oxygen atoms in total. The van der Waals surface area contributed by atoms with Gasteiger partial charge in [-0.15, -0.1) is 4.91 Å². The minimum Gasteiger partial charge on any atom is -0.267 e. The van der Waals surface area contributed by atoms with E-state index in [2.05, 4.69) is 10.3 Å². The maximum atomic E-state index is 10.8. The summed E-state index contributed by atoms with van der Waals surface area (Å²) < 4.78 is 0. The van der Waals surface area contributed by atoms with Gasteiger partial charge < -0.3 is 0 Å². The topological polar surface area (TPSA) is 71.4 Å². The Morgan fingerprint density at radius 3 is 2.64 bits per heavy atom. The third kappa shape index (κ3) is 1.82.